The first kappa shape index (κ1) is 15.8. The quantitative estimate of drug-likeness (QED) is 0.747. The van der Waals surface area contributed by atoms with E-state index in [4.69, 9.17) is 4.74 Å². The molecule has 0 aromatic heterocycles. The SMILES string of the molecule is CCCOc1ccc(C(NCC)C2CCCC2)cc1Br. The highest BCUT2D eigenvalue weighted by atomic mass is 79.9. The molecule has 0 heterocycles. The Hall–Kier alpha value is -0.540. The summed E-state index contributed by atoms with van der Waals surface area (Å²) in [4.78, 5) is 0. The van der Waals surface area contributed by atoms with Crippen LogP contribution in [0.25, 0.3) is 0 Å². The van der Waals surface area contributed by atoms with Crippen molar-refractivity contribution in [3.8, 4) is 5.75 Å². The van der Waals surface area contributed by atoms with Gasteiger partial charge in [-0.3, -0.25) is 0 Å². The van der Waals surface area contributed by atoms with Crippen molar-refractivity contribution in [3.05, 3.63) is 28.2 Å². The average Bonchev–Trinajstić information content (AvgIpc) is 2.97. The monoisotopic (exact) mass is 339 g/mol. The van der Waals surface area contributed by atoms with Crippen LogP contribution >= 0.6 is 15.9 Å². The molecule has 1 atom stereocenters. The molecule has 1 aliphatic rings. The van der Waals surface area contributed by atoms with Crippen molar-refractivity contribution >= 4 is 15.9 Å². The molecule has 1 aliphatic carbocycles. The van der Waals surface area contributed by atoms with E-state index in [0.717, 1.165) is 35.7 Å². The van der Waals surface area contributed by atoms with E-state index in [2.05, 4.69) is 53.3 Å². The number of benzene rings is 1. The van der Waals surface area contributed by atoms with Gasteiger partial charge < -0.3 is 10.1 Å². The third kappa shape index (κ3) is 3.98. The Bertz CT molecular complexity index is 415. The lowest BCUT2D eigenvalue weighted by atomic mass is 9.91. The molecule has 1 fully saturated rings. The summed E-state index contributed by atoms with van der Waals surface area (Å²) in [6, 6.07) is 7.05. The van der Waals surface area contributed by atoms with Gasteiger partial charge in [0, 0.05) is 6.04 Å². The molecular formula is C17H26BrNO. The lowest BCUT2D eigenvalue weighted by molar-refractivity contribution is 0.315. The lowest BCUT2D eigenvalue weighted by Gasteiger charge is -2.25. The minimum atomic E-state index is 0.485. The van der Waals surface area contributed by atoms with E-state index in [0.29, 0.717) is 6.04 Å². The van der Waals surface area contributed by atoms with E-state index in [-0.39, 0.29) is 0 Å². The molecule has 1 aromatic rings. The number of ether oxygens (including phenoxy) is 1. The van der Waals surface area contributed by atoms with Crippen molar-refractivity contribution in [1.82, 2.24) is 5.32 Å². The fourth-order valence-corrected chi connectivity index (χ4v) is 3.62. The van der Waals surface area contributed by atoms with Crippen LogP contribution in [0.3, 0.4) is 0 Å². The highest BCUT2D eigenvalue weighted by Gasteiger charge is 2.26. The van der Waals surface area contributed by atoms with Gasteiger partial charge in [-0.25, -0.2) is 0 Å². The largest absolute Gasteiger partial charge is 0.492 e. The summed E-state index contributed by atoms with van der Waals surface area (Å²) in [6.07, 6.45) is 6.50. The number of nitrogens with one attached hydrogen (secondary N) is 1. The van der Waals surface area contributed by atoms with E-state index in [1.807, 2.05) is 0 Å². The summed E-state index contributed by atoms with van der Waals surface area (Å²) < 4.78 is 6.81. The van der Waals surface area contributed by atoms with Gasteiger partial charge >= 0.3 is 0 Å². The van der Waals surface area contributed by atoms with Crippen molar-refractivity contribution in [3.63, 3.8) is 0 Å². The van der Waals surface area contributed by atoms with Gasteiger partial charge in [0.1, 0.15) is 5.75 Å². The number of hydrogen-bond acceptors (Lipinski definition) is 2. The molecule has 0 radical (unpaired) electrons. The van der Waals surface area contributed by atoms with Gasteiger partial charge in [-0.1, -0.05) is 32.8 Å². The molecule has 20 heavy (non-hydrogen) atoms. The highest BCUT2D eigenvalue weighted by molar-refractivity contribution is 9.10. The average molecular weight is 340 g/mol. The Morgan fingerprint density at radius 1 is 1.30 bits per heavy atom. The van der Waals surface area contributed by atoms with E-state index in [1.54, 1.807) is 0 Å². The van der Waals surface area contributed by atoms with Gasteiger partial charge in [0.05, 0.1) is 11.1 Å². The van der Waals surface area contributed by atoms with Crippen LogP contribution < -0.4 is 10.1 Å². The van der Waals surface area contributed by atoms with Crippen molar-refractivity contribution < 1.29 is 4.74 Å². The van der Waals surface area contributed by atoms with E-state index < -0.39 is 0 Å². The second-order valence-corrected chi connectivity index (χ2v) is 6.47. The molecule has 112 valence electrons. The van der Waals surface area contributed by atoms with Crippen molar-refractivity contribution in [2.75, 3.05) is 13.2 Å². The fourth-order valence-electron chi connectivity index (χ4n) is 3.11. The van der Waals surface area contributed by atoms with Crippen molar-refractivity contribution in [2.45, 2.75) is 52.0 Å². The van der Waals surface area contributed by atoms with Crippen LogP contribution in [0.1, 0.15) is 57.6 Å². The summed E-state index contributed by atoms with van der Waals surface area (Å²) in [5.41, 5.74) is 1.38. The summed E-state index contributed by atoms with van der Waals surface area (Å²) in [7, 11) is 0. The second-order valence-electron chi connectivity index (χ2n) is 5.62. The molecule has 0 spiro atoms. The molecule has 1 unspecified atom stereocenters. The molecule has 0 bridgehead atoms. The van der Waals surface area contributed by atoms with Gasteiger partial charge in [0.2, 0.25) is 0 Å². The molecular weight excluding hydrogens is 314 g/mol. The first-order valence-corrected chi connectivity index (χ1v) is 8.71. The van der Waals surface area contributed by atoms with Crippen LogP contribution in [0.4, 0.5) is 0 Å². The maximum atomic E-state index is 5.74. The first-order valence-electron chi connectivity index (χ1n) is 7.91. The van der Waals surface area contributed by atoms with E-state index in [1.165, 1.54) is 31.2 Å². The van der Waals surface area contributed by atoms with Crippen LogP contribution in [-0.2, 0) is 0 Å². The lowest BCUT2D eigenvalue weighted by Crippen LogP contribution is -2.26. The molecule has 3 heteroatoms. The summed E-state index contributed by atoms with van der Waals surface area (Å²) in [5, 5.41) is 3.67. The predicted octanol–water partition coefficient (Wildman–Crippen LogP) is 5.08. The molecule has 1 aromatic carbocycles. The van der Waals surface area contributed by atoms with E-state index >= 15 is 0 Å². The molecule has 2 rings (SSSR count). The number of hydrogen-bond donors (Lipinski definition) is 1. The van der Waals surface area contributed by atoms with Crippen LogP contribution in [0, 0.1) is 5.92 Å². The van der Waals surface area contributed by atoms with Crippen molar-refractivity contribution in [1.29, 1.82) is 0 Å². The minimum Gasteiger partial charge on any atom is -0.492 e. The molecule has 0 saturated heterocycles. The molecule has 0 amide bonds. The van der Waals surface area contributed by atoms with E-state index in [9.17, 15) is 0 Å². The Labute approximate surface area is 131 Å². The maximum absolute atomic E-state index is 5.74. The van der Waals surface area contributed by atoms with Gasteiger partial charge in [-0.2, -0.15) is 0 Å². The second kappa shape index (κ2) is 8.04. The minimum absolute atomic E-state index is 0.485. The van der Waals surface area contributed by atoms with Crippen LogP contribution in [0.5, 0.6) is 5.75 Å². The molecule has 1 N–H and O–H groups in total. The smallest absolute Gasteiger partial charge is 0.133 e. The van der Waals surface area contributed by atoms with Gasteiger partial charge in [0.15, 0.2) is 0 Å². The third-order valence-electron chi connectivity index (χ3n) is 4.07. The Morgan fingerprint density at radius 3 is 2.65 bits per heavy atom. The molecule has 0 aliphatic heterocycles. The van der Waals surface area contributed by atoms with Crippen molar-refractivity contribution in [2.24, 2.45) is 5.92 Å². The fraction of sp³-hybridized carbons (Fsp3) is 0.647. The topological polar surface area (TPSA) is 21.3 Å². The molecule has 1 saturated carbocycles. The predicted molar refractivity (Wildman–Crippen MR) is 88.3 cm³/mol. The highest BCUT2D eigenvalue weighted by Crippen LogP contribution is 2.37. The Morgan fingerprint density at radius 2 is 2.05 bits per heavy atom. The Balaban J connectivity index is 2.14. The maximum Gasteiger partial charge on any atom is 0.133 e. The number of rotatable bonds is 7. The summed E-state index contributed by atoms with van der Waals surface area (Å²) in [6.45, 7) is 6.11. The van der Waals surface area contributed by atoms with Gasteiger partial charge in [-0.15, -0.1) is 0 Å². The third-order valence-corrected chi connectivity index (χ3v) is 4.69. The van der Waals surface area contributed by atoms with Gasteiger partial charge in [0.25, 0.3) is 0 Å². The van der Waals surface area contributed by atoms with Crippen LogP contribution in [-0.4, -0.2) is 13.2 Å². The standard InChI is InChI=1S/C17H26BrNO/c1-3-11-20-16-10-9-14(12-15(16)18)17(19-4-2)13-7-5-6-8-13/h9-10,12-13,17,19H,3-8,11H2,1-2H3. The Kier molecular flexibility index (Phi) is 6.37. The van der Waals surface area contributed by atoms with Gasteiger partial charge in [-0.05, 0) is 65.4 Å². The zero-order chi connectivity index (χ0) is 14.4. The summed E-state index contributed by atoms with van der Waals surface area (Å²) >= 11 is 3.65. The van der Waals surface area contributed by atoms with Crippen LogP contribution in [0.2, 0.25) is 0 Å². The zero-order valence-corrected chi connectivity index (χ0v) is 14.2. The molecule has 2 nitrogen and oxygen atoms in total. The van der Waals surface area contributed by atoms with Crippen LogP contribution in [0.15, 0.2) is 22.7 Å². The summed E-state index contributed by atoms with van der Waals surface area (Å²) in [5.74, 6) is 1.74. The zero-order valence-electron chi connectivity index (χ0n) is 12.6. The first-order chi connectivity index (χ1) is 9.76. The normalized spacial score (nSPS) is 17.4. The number of halogens is 1.